The summed E-state index contributed by atoms with van der Waals surface area (Å²) in [7, 11) is 0. The number of ether oxygens (including phenoxy) is 3. The summed E-state index contributed by atoms with van der Waals surface area (Å²) in [4.78, 5) is 38.1. The van der Waals surface area contributed by atoms with Crippen LogP contribution < -0.4 is 0 Å². The summed E-state index contributed by atoms with van der Waals surface area (Å²) in [5.41, 5.74) is 0. The van der Waals surface area contributed by atoms with Gasteiger partial charge in [0, 0.05) is 19.3 Å². The highest BCUT2D eigenvalue weighted by Gasteiger charge is 2.19. The Morgan fingerprint density at radius 1 is 0.304 bits per heavy atom. The summed E-state index contributed by atoms with van der Waals surface area (Å²) in [5.74, 6) is -1.04. The van der Waals surface area contributed by atoms with Crippen molar-refractivity contribution in [1.29, 1.82) is 0 Å². The van der Waals surface area contributed by atoms with E-state index in [0.29, 0.717) is 19.3 Å². The zero-order chi connectivity index (χ0) is 50.0. The Hall–Kier alpha value is -4.45. The number of hydrogen-bond donors (Lipinski definition) is 0. The van der Waals surface area contributed by atoms with Crippen LogP contribution in [0.25, 0.3) is 0 Å². The van der Waals surface area contributed by atoms with Crippen LogP contribution in [0, 0.1) is 0 Å². The van der Waals surface area contributed by atoms with Crippen LogP contribution in [0.4, 0.5) is 0 Å². The zero-order valence-corrected chi connectivity index (χ0v) is 44.3. The number of carbonyl (C=O) groups excluding carboxylic acids is 3. The van der Waals surface area contributed by atoms with Crippen molar-refractivity contribution in [3.05, 3.63) is 134 Å². The summed E-state index contributed by atoms with van der Waals surface area (Å²) in [6, 6.07) is 0. The van der Waals surface area contributed by atoms with E-state index in [2.05, 4.69) is 142 Å². The molecule has 0 radical (unpaired) electrons. The maximum atomic E-state index is 12.8. The molecular formula is C63H100O6. The van der Waals surface area contributed by atoms with Gasteiger partial charge in [0.25, 0.3) is 0 Å². The first-order chi connectivity index (χ1) is 34.0. The highest BCUT2D eigenvalue weighted by molar-refractivity contribution is 5.71. The second kappa shape index (κ2) is 56.1. The fourth-order valence-corrected chi connectivity index (χ4v) is 7.04. The van der Waals surface area contributed by atoms with Gasteiger partial charge in [0.1, 0.15) is 13.2 Å². The molecule has 0 bridgehead atoms. The van der Waals surface area contributed by atoms with E-state index in [1.807, 2.05) is 12.2 Å². The van der Waals surface area contributed by atoms with Crippen LogP contribution in [0.1, 0.15) is 226 Å². The molecule has 6 nitrogen and oxygen atoms in total. The molecule has 388 valence electrons. The van der Waals surface area contributed by atoms with Gasteiger partial charge in [-0.15, -0.1) is 0 Å². The molecule has 0 aliphatic heterocycles. The van der Waals surface area contributed by atoms with Crippen molar-refractivity contribution >= 4 is 17.9 Å². The summed E-state index contributed by atoms with van der Waals surface area (Å²) >= 11 is 0. The van der Waals surface area contributed by atoms with Gasteiger partial charge in [-0.1, -0.05) is 219 Å². The van der Waals surface area contributed by atoms with Crippen molar-refractivity contribution in [1.82, 2.24) is 0 Å². The van der Waals surface area contributed by atoms with Crippen LogP contribution in [-0.4, -0.2) is 37.2 Å². The number of esters is 3. The highest BCUT2D eigenvalue weighted by atomic mass is 16.6. The Balaban J connectivity index is 4.57. The maximum Gasteiger partial charge on any atom is 0.306 e. The van der Waals surface area contributed by atoms with Crippen LogP contribution in [-0.2, 0) is 28.6 Å². The first-order valence-corrected chi connectivity index (χ1v) is 27.7. The quantitative estimate of drug-likeness (QED) is 0.0262. The van der Waals surface area contributed by atoms with E-state index in [1.165, 1.54) is 64.2 Å². The number of hydrogen-bond acceptors (Lipinski definition) is 6. The number of rotatable bonds is 48. The van der Waals surface area contributed by atoms with Gasteiger partial charge in [-0.05, 0) is 122 Å². The molecule has 0 saturated heterocycles. The van der Waals surface area contributed by atoms with Gasteiger partial charge in [-0.2, -0.15) is 0 Å². The lowest BCUT2D eigenvalue weighted by Gasteiger charge is -2.18. The van der Waals surface area contributed by atoms with E-state index in [1.54, 1.807) is 0 Å². The zero-order valence-electron chi connectivity index (χ0n) is 44.3. The van der Waals surface area contributed by atoms with Gasteiger partial charge < -0.3 is 14.2 Å². The minimum Gasteiger partial charge on any atom is -0.462 e. The van der Waals surface area contributed by atoms with Gasteiger partial charge in [0.15, 0.2) is 6.10 Å². The molecule has 0 aromatic heterocycles. The van der Waals surface area contributed by atoms with Crippen molar-refractivity contribution in [2.75, 3.05) is 13.2 Å². The minimum absolute atomic E-state index is 0.120. The molecule has 0 aliphatic carbocycles. The summed E-state index contributed by atoms with van der Waals surface area (Å²) in [6.07, 6.45) is 78.7. The smallest absolute Gasteiger partial charge is 0.306 e. The standard InChI is InChI=1S/C63H100O6/c1-4-7-10-13-16-19-22-25-28-30-31-33-36-38-41-44-47-50-53-56-62(65)68-59-60(69-63(66)57-54-51-48-45-42-39-34-27-24-21-18-15-12-9-6-3)58-67-61(64)55-52-49-46-43-40-37-35-32-29-26-23-20-17-14-11-8-5-2/h7-8,10-11,16-17,19-21,24-26,28-29,31,33,35,37-38,41,47,50,60H,4-6,9,12-15,18,22-23,27,30,32,34,36,39-40,42-46,48-49,51-59H2,1-3H3/b10-7-,11-8-,19-16-,20-17-,24-21-,28-25-,29-26-,33-31-,37-35-,41-38-,50-47-/t60-/m0/s1. The lowest BCUT2D eigenvalue weighted by atomic mass is 10.1. The van der Waals surface area contributed by atoms with E-state index in [-0.39, 0.29) is 37.5 Å². The van der Waals surface area contributed by atoms with Crippen LogP contribution >= 0.6 is 0 Å². The summed E-state index contributed by atoms with van der Waals surface area (Å²) < 4.78 is 16.8. The molecule has 0 rings (SSSR count). The number of unbranched alkanes of at least 4 members (excludes halogenated alkanes) is 15. The third-order valence-electron chi connectivity index (χ3n) is 11.1. The fraction of sp³-hybridized carbons (Fsp3) is 0.603. The predicted molar refractivity (Wildman–Crippen MR) is 297 cm³/mol. The second-order valence-electron chi connectivity index (χ2n) is 17.7. The molecule has 0 aromatic carbocycles. The van der Waals surface area contributed by atoms with Crippen molar-refractivity contribution in [2.24, 2.45) is 0 Å². The normalized spacial score (nSPS) is 13.1. The molecule has 0 unspecified atom stereocenters. The van der Waals surface area contributed by atoms with Crippen molar-refractivity contribution in [3.63, 3.8) is 0 Å². The average Bonchev–Trinajstić information content (AvgIpc) is 3.35. The Morgan fingerprint density at radius 2 is 0.594 bits per heavy atom. The first-order valence-electron chi connectivity index (χ1n) is 27.7. The molecule has 0 amide bonds. The van der Waals surface area contributed by atoms with Gasteiger partial charge in [0.2, 0.25) is 0 Å². The highest BCUT2D eigenvalue weighted by Crippen LogP contribution is 2.13. The van der Waals surface area contributed by atoms with Crippen LogP contribution in [0.15, 0.2) is 134 Å². The predicted octanol–water partition coefficient (Wildman–Crippen LogP) is 18.6. The Morgan fingerprint density at radius 3 is 0.986 bits per heavy atom. The van der Waals surface area contributed by atoms with Gasteiger partial charge in [-0.3, -0.25) is 14.4 Å². The number of allylic oxidation sites excluding steroid dienone is 22. The van der Waals surface area contributed by atoms with E-state index in [0.717, 1.165) is 116 Å². The van der Waals surface area contributed by atoms with Gasteiger partial charge in [0.05, 0.1) is 0 Å². The monoisotopic (exact) mass is 953 g/mol. The molecular weight excluding hydrogens is 853 g/mol. The number of carbonyl (C=O) groups is 3. The SMILES string of the molecule is CC/C=C\C/C=C\C/C=C\C/C=C\C/C=C\C/C=C\CCC(=O)OC[C@H](COC(=O)CCCCCC/C=C\C/C=C\C/C=C\C/C=C\CC)OC(=O)CCCCCCCCC/C=C\CCCCCC. The Labute approximate surface area is 424 Å². The third kappa shape index (κ3) is 54.4. The van der Waals surface area contributed by atoms with Crippen molar-refractivity contribution in [3.8, 4) is 0 Å². The molecule has 0 aromatic rings. The Bertz CT molecular complexity index is 1510. The van der Waals surface area contributed by atoms with E-state index in [9.17, 15) is 14.4 Å². The molecule has 0 spiro atoms. The molecule has 0 saturated carbocycles. The fourth-order valence-electron chi connectivity index (χ4n) is 7.04. The molecule has 69 heavy (non-hydrogen) atoms. The molecule has 0 aliphatic rings. The lowest BCUT2D eigenvalue weighted by Crippen LogP contribution is -2.30. The van der Waals surface area contributed by atoms with Crippen molar-refractivity contribution < 1.29 is 28.6 Å². The van der Waals surface area contributed by atoms with Crippen LogP contribution in [0.5, 0.6) is 0 Å². The molecule has 6 heteroatoms. The topological polar surface area (TPSA) is 78.9 Å². The maximum absolute atomic E-state index is 12.8. The minimum atomic E-state index is -0.826. The second-order valence-corrected chi connectivity index (χ2v) is 17.7. The third-order valence-corrected chi connectivity index (χ3v) is 11.1. The first kappa shape index (κ1) is 64.5. The van der Waals surface area contributed by atoms with Crippen molar-refractivity contribution in [2.45, 2.75) is 232 Å². The van der Waals surface area contributed by atoms with E-state index >= 15 is 0 Å². The van der Waals surface area contributed by atoms with Crippen LogP contribution in [0.2, 0.25) is 0 Å². The van der Waals surface area contributed by atoms with E-state index in [4.69, 9.17) is 14.2 Å². The van der Waals surface area contributed by atoms with Gasteiger partial charge >= 0.3 is 17.9 Å². The lowest BCUT2D eigenvalue weighted by molar-refractivity contribution is -0.166. The Kier molecular flexibility index (Phi) is 52.5. The summed E-state index contributed by atoms with van der Waals surface area (Å²) in [5, 5.41) is 0. The largest absolute Gasteiger partial charge is 0.462 e. The molecule has 1 atom stereocenters. The molecule has 0 N–H and O–H groups in total. The molecule has 0 heterocycles. The van der Waals surface area contributed by atoms with Gasteiger partial charge in [-0.25, -0.2) is 0 Å². The van der Waals surface area contributed by atoms with Crippen LogP contribution in [0.3, 0.4) is 0 Å². The average molecular weight is 953 g/mol. The summed E-state index contributed by atoms with van der Waals surface area (Å²) in [6.45, 7) is 6.30. The van der Waals surface area contributed by atoms with E-state index < -0.39 is 6.10 Å². The molecule has 0 fully saturated rings.